The van der Waals surface area contributed by atoms with Crippen LogP contribution in [0, 0.1) is 6.54 Å². The lowest BCUT2D eigenvalue weighted by atomic mass is 9.98. The van der Waals surface area contributed by atoms with Gasteiger partial charge in [0, 0.05) is 10.7 Å². The maximum atomic E-state index is 11.7. The van der Waals surface area contributed by atoms with Gasteiger partial charge in [0.15, 0.2) is 0 Å². The van der Waals surface area contributed by atoms with Crippen LogP contribution >= 0.6 is 15.9 Å². The summed E-state index contributed by atoms with van der Waals surface area (Å²) >= 11 is 3.34. The smallest absolute Gasteiger partial charge is 0.407 e. The van der Waals surface area contributed by atoms with E-state index in [1.165, 1.54) is 22.3 Å². The lowest BCUT2D eigenvalue weighted by Gasteiger charge is -2.14. The Hall–Kier alpha value is -1.81. The quantitative estimate of drug-likeness (QED) is 0.818. The Morgan fingerprint density at radius 2 is 1.73 bits per heavy atom. The molecule has 0 fully saturated rings. The number of hydrogen-bond acceptors (Lipinski definition) is 2. The largest absolute Gasteiger partial charge is 0.449 e. The van der Waals surface area contributed by atoms with Gasteiger partial charge in [-0.05, 0) is 22.3 Å². The van der Waals surface area contributed by atoms with Crippen LogP contribution in [0.4, 0.5) is 4.79 Å². The van der Waals surface area contributed by atoms with Crippen LogP contribution in [-0.2, 0) is 4.74 Å². The number of halogens is 1. The number of ether oxygens (including phenoxy) is 1. The van der Waals surface area contributed by atoms with Gasteiger partial charge >= 0.3 is 6.09 Å². The molecule has 1 radical (unpaired) electrons. The van der Waals surface area contributed by atoms with E-state index in [0.29, 0.717) is 6.61 Å². The lowest BCUT2D eigenvalue weighted by molar-refractivity contribution is 0.145. The molecule has 3 nitrogen and oxygen atoms in total. The Labute approximate surface area is 138 Å². The predicted octanol–water partition coefficient (Wildman–Crippen LogP) is 4.47. The van der Waals surface area contributed by atoms with Gasteiger partial charge in [-0.15, -0.1) is 0 Å². The summed E-state index contributed by atoms with van der Waals surface area (Å²) in [6.07, 6.45) is -0.423. The standard InChI is InChI=1S/C18H17BrNO2/c1-12(19)10-20-18(21)22-11-17-15-8-4-2-6-13(15)14-7-3-5-9-16(14)17/h2-10,12,17H,11H2,1H3,(H,20,21)/t12-/m1/s1. The van der Waals surface area contributed by atoms with E-state index in [2.05, 4.69) is 45.5 Å². The summed E-state index contributed by atoms with van der Waals surface area (Å²) in [5, 5.41) is 2.62. The summed E-state index contributed by atoms with van der Waals surface area (Å²) in [5.41, 5.74) is 4.89. The fourth-order valence-electron chi connectivity index (χ4n) is 2.82. The van der Waals surface area contributed by atoms with Gasteiger partial charge in [-0.1, -0.05) is 71.4 Å². The third-order valence-electron chi connectivity index (χ3n) is 3.77. The highest BCUT2D eigenvalue weighted by atomic mass is 79.9. The van der Waals surface area contributed by atoms with Gasteiger partial charge in [-0.3, -0.25) is 0 Å². The molecule has 0 heterocycles. The zero-order valence-corrected chi connectivity index (χ0v) is 13.8. The van der Waals surface area contributed by atoms with Crippen molar-refractivity contribution in [3.05, 3.63) is 66.2 Å². The molecule has 0 unspecified atom stereocenters. The average molecular weight is 359 g/mol. The topological polar surface area (TPSA) is 38.3 Å². The molecule has 0 aliphatic heterocycles. The van der Waals surface area contributed by atoms with Crippen LogP contribution in [0.5, 0.6) is 0 Å². The minimum atomic E-state index is -0.423. The van der Waals surface area contributed by atoms with E-state index in [0.717, 1.165) is 0 Å². The highest BCUT2D eigenvalue weighted by Gasteiger charge is 2.28. The van der Waals surface area contributed by atoms with Crippen molar-refractivity contribution in [2.45, 2.75) is 17.7 Å². The number of carbonyl (C=O) groups is 1. The van der Waals surface area contributed by atoms with E-state index in [1.54, 1.807) is 6.54 Å². The second-order valence-corrected chi connectivity index (χ2v) is 6.76. The Morgan fingerprint density at radius 3 is 2.27 bits per heavy atom. The molecule has 0 saturated carbocycles. The number of benzene rings is 2. The molecule has 0 saturated heterocycles. The molecule has 4 heteroatoms. The van der Waals surface area contributed by atoms with Crippen molar-refractivity contribution in [3.8, 4) is 11.1 Å². The molecule has 3 rings (SSSR count). The van der Waals surface area contributed by atoms with Crippen molar-refractivity contribution < 1.29 is 9.53 Å². The van der Waals surface area contributed by atoms with Crippen LogP contribution in [0.15, 0.2) is 48.5 Å². The number of nitrogens with one attached hydrogen (secondary N) is 1. The van der Waals surface area contributed by atoms with Crippen molar-refractivity contribution in [1.82, 2.24) is 5.32 Å². The van der Waals surface area contributed by atoms with Gasteiger partial charge < -0.3 is 10.1 Å². The summed E-state index contributed by atoms with van der Waals surface area (Å²) in [4.78, 5) is 11.8. The number of alkyl carbamates (subject to hydrolysis) is 1. The Morgan fingerprint density at radius 1 is 1.18 bits per heavy atom. The monoisotopic (exact) mass is 358 g/mol. The summed E-state index contributed by atoms with van der Waals surface area (Å²) in [5.74, 6) is 0.0968. The molecule has 1 N–H and O–H groups in total. The van der Waals surface area contributed by atoms with Crippen molar-refractivity contribution in [1.29, 1.82) is 0 Å². The first-order chi connectivity index (χ1) is 10.7. The highest BCUT2D eigenvalue weighted by molar-refractivity contribution is 9.09. The fraction of sp³-hybridized carbons (Fsp3) is 0.222. The summed E-state index contributed by atoms with van der Waals surface area (Å²) < 4.78 is 5.39. The van der Waals surface area contributed by atoms with Gasteiger partial charge in [0.05, 0.1) is 6.54 Å². The third-order valence-corrected chi connectivity index (χ3v) is 4.04. The van der Waals surface area contributed by atoms with Gasteiger partial charge in [0.1, 0.15) is 6.61 Å². The Balaban J connectivity index is 1.75. The van der Waals surface area contributed by atoms with Gasteiger partial charge in [-0.2, -0.15) is 0 Å². The normalized spacial score (nSPS) is 14.1. The van der Waals surface area contributed by atoms with E-state index >= 15 is 0 Å². The minimum absolute atomic E-state index is 0.0968. The predicted molar refractivity (Wildman–Crippen MR) is 90.9 cm³/mol. The first-order valence-electron chi connectivity index (χ1n) is 7.25. The van der Waals surface area contributed by atoms with E-state index in [-0.39, 0.29) is 10.7 Å². The van der Waals surface area contributed by atoms with Crippen LogP contribution in [0.1, 0.15) is 24.0 Å². The SMILES string of the molecule is C[C@@H](Br)[CH]NC(=O)OCC1c2ccccc2-c2ccccc21. The Kier molecular flexibility index (Phi) is 4.48. The van der Waals surface area contributed by atoms with E-state index < -0.39 is 6.09 Å². The number of carbonyl (C=O) groups excluding carboxylic acids is 1. The second kappa shape index (κ2) is 6.53. The number of hydrogen-bond donors (Lipinski definition) is 1. The molecule has 0 spiro atoms. The molecule has 1 amide bonds. The van der Waals surface area contributed by atoms with Crippen molar-refractivity contribution in [2.75, 3.05) is 6.61 Å². The maximum Gasteiger partial charge on any atom is 0.407 e. The van der Waals surface area contributed by atoms with Gasteiger partial charge in [-0.25, -0.2) is 4.79 Å². The van der Waals surface area contributed by atoms with Crippen LogP contribution in [0.3, 0.4) is 0 Å². The zero-order valence-electron chi connectivity index (χ0n) is 12.3. The van der Waals surface area contributed by atoms with E-state index in [4.69, 9.17) is 4.74 Å². The molecule has 1 aliphatic rings. The van der Waals surface area contributed by atoms with Crippen LogP contribution in [-0.4, -0.2) is 17.5 Å². The number of fused-ring (bicyclic) bond motifs is 3. The van der Waals surface area contributed by atoms with Crippen LogP contribution in [0.2, 0.25) is 0 Å². The molecule has 0 aromatic heterocycles. The third kappa shape index (κ3) is 3.02. The molecule has 1 atom stereocenters. The Bertz CT molecular complexity index is 639. The number of rotatable bonds is 4. The summed E-state index contributed by atoms with van der Waals surface area (Å²) in [6.45, 7) is 3.91. The molecule has 113 valence electrons. The zero-order chi connectivity index (χ0) is 15.5. The fourth-order valence-corrected chi connectivity index (χ4v) is 2.96. The van der Waals surface area contributed by atoms with E-state index in [1.807, 2.05) is 31.2 Å². The first kappa shape index (κ1) is 15.1. The first-order valence-corrected chi connectivity index (χ1v) is 8.17. The molecule has 2 aromatic rings. The lowest BCUT2D eigenvalue weighted by Crippen LogP contribution is -2.26. The maximum absolute atomic E-state index is 11.7. The number of amides is 1. The van der Waals surface area contributed by atoms with Crippen molar-refractivity contribution in [3.63, 3.8) is 0 Å². The highest BCUT2D eigenvalue weighted by Crippen LogP contribution is 2.44. The molecular weight excluding hydrogens is 342 g/mol. The van der Waals surface area contributed by atoms with Crippen LogP contribution in [0.25, 0.3) is 11.1 Å². The van der Waals surface area contributed by atoms with Gasteiger partial charge in [0.25, 0.3) is 0 Å². The van der Waals surface area contributed by atoms with Crippen LogP contribution < -0.4 is 5.32 Å². The average Bonchev–Trinajstić information content (AvgIpc) is 2.85. The minimum Gasteiger partial charge on any atom is -0.449 e. The van der Waals surface area contributed by atoms with Crippen molar-refractivity contribution in [2.24, 2.45) is 0 Å². The molecular formula is C18H17BrNO2. The summed E-state index contributed by atoms with van der Waals surface area (Å²) in [6, 6.07) is 16.6. The summed E-state index contributed by atoms with van der Waals surface area (Å²) in [7, 11) is 0. The molecule has 1 aliphatic carbocycles. The van der Waals surface area contributed by atoms with Gasteiger partial charge in [0.2, 0.25) is 0 Å². The number of alkyl halides is 1. The second-order valence-electron chi connectivity index (χ2n) is 5.31. The van der Waals surface area contributed by atoms with E-state index in [9.17, 15) is 4.79 Å². The molecule has 2 aromatic carbocycles. The molecule has 0 bridgehead atoms. The molecule has 22 heavy (non-hydrogen) atoms. The van der Waals surface area contributed by atoms with Crippen molar-refractivity contribution >= 4 is 22.0 Å².